The van der Waals surface area contributed by atoms with Crippen molar-refractivity contribution in [1.29, 1.82) is 5.41 Å². The summed E-state index contributed by atoms with van der Waals surface area (Å²) in [5, 5.41) is 7.10. The van der Waals surface area contributed by atoms with Gasteiger partial charge in [-0.25, -0.2) is 4.57 Å². The average molecular weight is 136 g/mol. The predicted molar refractivity (Wildman–Crippen MR) is 38.6 cm³/mol. The summed E-state index contributed by atoms with van der Waals surface area (Å²) in [4.78, 5) is 0. The van der Waals surface area contributed by atoms with E-state index in [4.69, 9.17) is 11.1 Å². The van der Waals surface area contributed by atoms with E-state index >= 15 is 0 Å². The van der Waals surface area contributed by atoms with E-state index in [0.717, 1.165) is 5.56 Å². The van der Waals surface area contributed by atoms with Gasteiger partial charge in [0.2, 0.25) is 0 Å². The molecule has 1 heterocycles. The van der Waals surface area contributed by atoms with Crippen molar-refractivity contribution in [2.24, 2.45) is 12.8 Å². The van der Waals surface area contributed by atoms with Gasteiger partial charge in [0.25, 0.3) is 0 Å². The number of hydrogen-bond acceptors (Lipinski definition) is 1. The Labute approximate surface area is 59.6 Å². The number of nitrogen functional groups attached to an aromatic ring is 1. The van der Waals surface area contributed by atoms with Crippen LogP contribution in [0.2, 0.25) is 0 Å². The van der Waals surface area contributed by atoms with Crippen LogP contribution in [0.4, 0.5) is 0 Å². The van der Waals surface area contributed by atoms with Crippen LogP contribution in [-0.2, 0) is 7.05 Å². The first-order chi connectivity index (χ1) is 4.70. The van der Waals surface area contributed by atoms with Crippen LogP contribution in [0, 0.1) is 5.41 Å². The molecule has 1 aromatic heterocycles. The lowest BCUT2D eigenvalue weighted by molar-refractivity contribution is -0.671. The summed E-state index contributed by atoms with van der Waals surface area (Å²) < 4.78 is 1.86. The lowest BCUT2D eigenvalue weighted by atomic mass is 10.3. The summed E-state index contributed by atoms with van der Waals surface area (Å²) in [7, 11) is 1.90. The van der Waals surface area contributed by atoms with Crippen molar-refractivity contribution < 1.29 is 4.57 Å². The highest BCUT2D eigenvalue weighted by atomic mass is 14.9. The van der Waals surface area contributed by atoms with Crippen LogP contribution in [0.1, 0.15) is 5.56 Å². The zero-order valence-corrected chi connectivity index (χ0v) is 5.83. The highest BCUT2D eigenvalue weighted by molar-refractivity contribution is 5.94. The Bertz CT molecular complexity index is 255. The van der Waals surface area contributed by atoms with Gasteiger partial charge in [0, 0.05) is 6.07 Å². The minimum atomic E-state index is 0.108. The van der Waals surface area contributed by atoms with Gasteiger partial charge < -0.3 is 5.73 Å². The number of rotatable bonds is 1. The van der Waals surface area contributed by atoms with Gasteiger partial charge in [-0.1, -0.05) is 0 Å². The van der Waals surface area contributed by atoms with Crippen LogP contribution in [0.15, 0.2) is 24.5 Å². The van der Waals surface area contributed by atoms with Crippen LogP contribution < -0.4 is 10.3 Å². The van der Waals surface area contributed by atoms with Crippen molar-refractivity contribution in [1.82, 2.24) is 0 Å². The van der Waals surface area contributed by atoms with E-state index < -0.39 is 0 Å². The van der Waals surface area contributed by atoms with Gasteiger partial charge in [-0.05, 0) is 6.07 Å². The lowest BCUT2D eigenvalue weighted by Crippen LogP contribution is -2.28. The molecule has 0 aliphatic rings. The van der Waals surface area contributed by atoms with Crippen LogP contribution in [0.5, 0.6) is 0 Å². The summed E-state index contributed by atoms with van der Waals surface area (Å²) in [6.45, 7) is 0. The number of aryl methyl sites for hydroxylation is 1. The molecule has 52 valence electrons. The molecule has 0 atom stereocenters. The monoisotopic (exact) mass is 136 g/mol. The Morgan fingerprint density at radius 1 is 1.70 bits per heavy atom. The molecule has 0 amide bonds. The van der Waals surface area contributed by atoms with Crippen LogP contribution in [0.3, 0.4) is 0 Å². The van der Waals surface area contributed by atoms with Gasteiger partial charge in [0.05, 0.1) is 5.56 Å². The van der Waals surface area contributed by atoms with Gasteiger partial charge >= 0.3 is 0 Å². The van der Waals surface area contributed by atoms with E-state index in [1.54, 1.807) is 0 Å². The Balaban J connectivity index is 3.07. The fraction of sp³-hybridized carbons (Fsp3) is 0.143. The normalized spacial score (nSPS) is 9.30. The molecule has 3 heteroatoms. The molecule has 0 aliphatic carbocycles. The molecule has 0 saturated heterocycles. The van der Waals surface area contributed by atoms with E-state index in [1.165, 1.54) is 0 Å². The van der Waals surface area contributed by atoms with Gasteiger partial charge in [-0.15, -0.1) is 0 Å². The van der Waals surface area contributed by atoms with E-state index in [2.05, 4.69) is 0 Å². The van der Waals surface area contributed by atoms with Crippen molar-refractivity contribution in [3.8, 4) is 0 Å². The number of nitrogens with one attached hydrogen (secondary N) is 1. The molecule has 3 nitrogen and oxygen atoms in total. The predicted octanol–water partition coefficient (Wildman–Crippen LogP) is -0.205. The average Bonchev–Trinajstić information content (AvgIpc) is 1.88. The number of hydrogen-bond donors (Lipinski definition) is 2. The number of aromatic nitrogens is 1. The minimum Gasteiger partial charge on any atom is -0.383 e. The second-order valence-corrected chi connectivity index (χ2v) is 2.17. The summed E-state index contributed by atoms with van der Waals surface area (Å²) in [5.74, 6) is 0.108. The lowest BCUT2D eigenvalue weighted by Gasteiger charge is -1.92. The third-order valence-electron chi connectivity index (χ3n) is 1.25. The van der Waals surface area contributed by atoms with E-state index in [1.807, 2.05) is 36.1 Å². The Morgan fingerprint density at radius 2 is 2.40 bits per heavy atom. The number of nitrogens with zero attached hydrogens (tertiary/aromatic N) is 1. The molecule has 3 N–H and O–H groups in total. The zero-order valence-electron chi connectivity index (χ0n) is 5.83. The van der Waals surface area contributed by atoms with E-state index in [9.17, 15) is 0 Å². The maximum absolute atomic E-state index is 7.10. The summed E-state index contributed by atoms with van der Waals surface area (Å²) in [5.41, 5.74) is 6.01. The largest absolute Gasteiger partial charge is 0.383 e. The Morgan fingerprint density at radius 3 is 2.80 bits per heavy atom. The zero-order chi connectivity index (χ0) is 7.56. The van der Waals surface area contributed by atoms with Gasteiger partial charge in [0.15, 0.2) is 12.4 Å². The van der Waals surface area contributed by atoms with Crippen LogP contribution >= 0.6 is 0 Å². The minimum absolute atomic E-state index is 0.108. The quantitative estimate of drug-likeness (QED) is 0.313. The fourth-order valence-electron chi connectivity index (χ4n) is 0.747. The van der Waals surface area contributed by atoms with Crippen LogP contribution in [0.25, 0.3) is 0 Å². The molecule has 0 aromatic carbocycles. The standard InChI is InChI=1S/C7H10N3/c1-10-4-2-3-6(5-10)7(8)9/h2-5H,1H3,(H3,8,9)/q+1. The molecular formula is C7H10N3+. The molecule has 0 bridgehead atoms. The van der Waals surface area contributed by atoms with Crippen molar-refractivity contribution in [2.75, 3.05) is 0 Å². The third kappa shape index (κ3) is 1.31. The molecule has 1 aromatic rings. The molecule has 0 aliphatic heterocycles. The topological polar surface area (TPSA) is 53.8 Å². The van der Waals surface area contributed by atoms with E-state index in [-0.39, 0.29) is 5.84 Å². The number of nitrogens with two attached hydrogens (primary N) is 1. The fourth-order valence-corrected chi connectivity index (χ4v) is 0.747. The molecule has 0 spiro atoms. The number of pyridine rings is 1. The van der Waals surface area contributed by atoms with Crippen molar-refractivity contribution in [2.45, 2.75) is 0 Å². The smallest absolute Gasteiger partial charge is 0.179 e. The molecule has 0 unspecified atom stereocenters. The van der Waals surface area contributed by atoms with Crippen molar-refractivity contribution >= 4 is 5.84 Å². The highest BCUT2D eigenvalue weighted by Crippen LogP contribution is 1.89. The maximum atomic E-state index is 7.10. The van der Waals surface area contributed by atoms with Gasteiger partial charge in [0.1, 0.15) is 12.9 Å². The molecule has 0 fully saturated rings. The summed E-state index contributed by atoms with van der Waals surface area (Å²) in [6.07, 6.45) is 3.70. The first kappa shape index (κ1) is 6.74. The van der Waals surface area contributed by atoms with E-state index in [0.29, 0.717) is 0 Å². The second-order valence-electron chi connectivity index (χ2n) is 2.17. The van der Waals surface area contributed by atoms with Gasteiger partial charge in [-0.2, -0.15) is 0 Å². The van der Waals surface area contributed by atoms with Crippen molar-refractivity contribution in [3.05, 3.63) is 30.1 Å². The molecule has 0 saturated carbocycles. The SMILES string of the molecule is C[n+]1cccc(C(=N)N)c1. The summed E-state index contributed by atoms with van der Waals surface area (Å²) in [6, 6.07) is 3.67. The maximum Gasteiger partial charge on any atom is 0.179 e. The highest BCUT2D eigenvalue weighted by Gasteiger charge is 1.98. The molecule has 1 rings (SSSR count). The summed E-state index contributed by atoms with van der Waals surface area (Å²) >= 11 is 0. The number of amidine groups is 1. The van der Waals surface area contributed by atoms with Crippen LogP contribution in [-0.4, -0.2) is 5.84 Å². The second kappa shape index (κ2) is 2.47. The third-order valence-corrected chi connectivity index (χ3v) is 1.25. The Hall–Kier alpha value is -1.38. The molecular weight excluding hydrogens is 126 g/mol. The Kier molecular flexibility index (Phi) is 1.67. The van der Waals surface area contributed by atoms with Crippen molar-refractivity contribution in [3.63, 3.8) is 0 Å². The first-order valence-corrected chi connectivity index (χ1v) is 3.00. The molecule has 10 heavy (non-hydrogen) atoms. The molecule has 0 radical (unpaired) electrons. The van der Waals surface area contributed by atoms with Gasteiger partial charge in [-0.3, -0.25) is 5.41 Å². The first-order valence-electron chi connectivity index (χ1n) is 3.00.